The van der Waals surface area contributed by atoms with Crippen molar-refractivity contribution in [3.63, 3.8) is 0 Å². The zero-order chi connectivity index (χ0) is 52.6. The number of hydrogen-bond acceptors (Lipinski definition) is 4. The average Bonchev–Trinajstić information content (AvgIpc) is 3.55. The van der Waals surface area contributed by atoms with Gasteiger partial charge in [-0.3, -0.25) is 0 Å². The molecule has 0 atom stereocenters. The molecule has 10 aromatic rings. The lowest BCUT2D eigenvalue weighted by atomic mass is 9.42. The van der Waals surface area contributed by atoms with Crippen LogP contribution in [0.15, 0.2) is 174 Å². The van der Waals surface area contributed by atoms with Crippen LogP contribution in [-0.2, 0) is 27.1 Å². The lowest BCUT2D eigenvalue weighted by molar-refractivity contribution is 0.332. The molecule has 376 valence electrons. The molecule has 9 aromatic carbocycles. The molecule has 0 saturated carbocycles. The van der Waals surface area contributed by atoms with Gasteiger partial charge in [-0.15, -0.1) is 0 Å². The number of anilines is 8. The fourth-order valence-electron chi connectivity index (χ4n) is 13.9. The van der Waals surface area contributed by atoms with Gasteiger partial charge in [-0.25, -0.2) is 0 Å². The smallest absolute Gasteiger partial charge is 0.333 e. The molecule has 0 amide bonds. The first-order valence-corrected chi connectivity index (χ1v) is 27.7. The number of furan rings is 1. The number of benzene rings is 9. The third-order valence-corrected chi connectivity index (χ3v) is 18.4. The molecule has 3 aliphatic heterocycles. The maximum Gasteiger partial charge on any atom is 0.333 e. The van der Waals surface area contributed by atoms with Crippen molar-refractivity contribution >= 4 is 96.0 Å². The normalized spacial score (nSPS) is 16.6. The summed E-state index contributed by atoms with van der Waals surface area (Å²) in [5, 5.41) is 4.76. The summed E-state index contributed by atoms with van der Waals surface area (Å²) in [5.74, 6) is 0. The first-order valence-electron chi connectivity index (χ1n) is 27.7. The molecule has 0 N–H and O–H groups in total. The average molecular weight is 990 g/mol. The maximum atomic E-state index is 7.28. The van der Waals surface area contributed by atoms with Gasteiger partial charge in [-0.05, 0) is 168 Å². The Bertz CT molecular complexity index is 4010. The third-order valence-electron chi connectivity index (χ3n) is 18.4. The second kappa shape index (κ2) is 15.8. The van der Waals surface area contributed by atoms with E-state index in [1.165, 1.54) is 89.0 Å². The molecule has 0 fully saturated rings. The van der Waals surface area contributed by atoms with Crippen molar-refractivity contribution in [3.05, 3.63) is 203 Å². The number of fused-ring (bicyclic) bond motifs is 12. The van der Waals surface area contributed by atoms with Crippen LogP contribution in [0.5, 0.6) is 0 Å². The first-order chi connectivity index (χ1) is 36.2. The molecular weight excluding hydrogens is 922 g/mol. The molecule has 0 bridgehead atoms. The summed E-state index contributed by atoms with van der Waals surface area (Å²) in [6, 6.07) is 65.4. The molecule has 14 rings (SSSR count). The van der Waals surface area contributed by atoms with Gasteiger partial charge in [-0.1, -0.05) is 180 Å². The van der Waals surface area contributed by atoms with Gasteiger partial charge < -0.3 is 19.0 Å². The Hall–Kier alpha value is -7.50. The highest BCUT2D eigenvalue weighted by atomic mass is 16.3. The molecule has 0 spiro atoms. The van der Waals surface area contributed by atoms with Crippen molar-refractivity contribution in [1.82, 2.24) is 0 Å². The topological polar surface area (TPSA) is 22.9 Å². The van der Waals surface area contributed by atoms with Gasteiger partial charge in [0.2, 0.25) is 0 Å². The minimum Gasteiger partial charge on any atom is -0.454 e. The predicted molar refractivity (Wildman–Crippen MR) is 324 cm³/mol. The molecular formula is C71H68BN3O. The van der Waals surface area contributed by atoms with E-state index < -0.39 is 0 Å². The molecule has 0 unspecified atom stereocenters. The fourth-order valence-corrected chi connectivity index (χ4v) is 13.9. The Balaban J connectivity index is 1.11. The van der Waals surface area contributed by atoms with E-state index in [2.05, 4.69) is 268 Å². The van der Waals surface area contributed by atoms with E-state index >= 15 is 0 Å². The predicted octanol–water partition coefficient (Wildman–Crippen LogP) is 18.5. The summed E-state index contributed by atoms with van der Waals surface area (Å²) in [6.07, 6.45) is 2.30. The molecule has 0 radical (unpaired) electrons. The van der Waals surface area contributed by atoms with Crippen LogP contribution in [0.3, 0.4) is 0 Å². The van der Waals surface area contributed by atoms with E-state index in [0.29, 0.717) is 0 Å². The summed E-state index contributed by atoms with van der Waals surface area (Å²) < 4.78 is 7.28. The minimum absolute atomic E-state index is 0.00581. The summed E-state index contributed by atoms with van der Waals surface area (Å²) in [5.41, 5.74) is 24.3. The van der Waals surface area contributed by atoms with Gasteiger partial charge in [0.1, 0.15) is 5.58 Å². The molecule has 4 aliphatic rings. The molecule has 76 heavy (non-hydrogen) atoms. The molecule has 4 heterocycles. The monoisotopic (exact) mass is 990 g/mol. The van der Waals surface area contributed by atoms with Gasteiger partial charge in [0.15, 0.2) is 5.58 Å². The van der Waals surface area contributed by atoms with Crippen molar-refractivity contribution in [2.24, 2.45) is 0 Å². The van der Waals surface area contributed by atoms with Crippen molar-refractivity contribution < 1.29 is 4.42 Å². The summed E-state index contributed by atoms with van der Waals surface area (Å²) in [6.45, 7) is 28.2. The number of rotatable bonds is 4. The maximum absolute atomic E-state index is 7.28. The summed E-state index contributed by atoms with van der Waals surface area (Å²) in [4.78, 5) is 7.83. The van der Waals surface area contributed by atoms with E-state index in [1.54, 1.807) is 0 Å². The lowest BCUT2D eigenvalue weighted by Crippen LogP contribution is -2.62. The second-order valence-electron chi connectivity index (χ2n) is 26.5. The zero-order valence-electron chi connectivity index (χ0n) is 46.4. The number of nitrogens with zero attached hydrogens (tertiary/aromatic N) is 3. The van der Waals surface area contributed by atoms with Crippen molar-refractivity contribution in [2.45, 2.75) is 123 Å². The lowest BCUT2D eigenvalue weighted by Gasteiger charge is -2.50. The number of hydrogen-bond donors (Lipinski definition) is 0. The van der Waals surface area contributed by atoms with Gasteiger partial charge in [-0.2, -0.15) is 0 Å². The van der Waals surface area contributed by atoms with Gasteiger partial charge in [0.05, 0.1) is 11.4 Å². The standard InChI is InChI=1S/C71H68BN3O/c1-67(2,3)45-24-28-47(29-25-45)73(48-30-26-46(27-31-48)68(4,5)6)49-32-34-51-53-42-54-52-20-15-16-23-62(52)76-66(54)65-63(53)72(75(60(51)41-49)50-33-35-55-57(40-50)70(9,10)37-36-69(55,7)8)59-22-17-21-56-64(59)74(65)61-39-44-19-14-13-18-43(44)38-58(61)71(56,11)12/h13-35,38-42H,36-37H2,1-12H3. The Morgan fingerprint density at radius 3 is 1.78 bits per heavy atom. The summed E-state index contributed by atoms with van der Waals surface area (Å²) >= 11 is 0. The van der Waals surface area contributed by atoms with Crippen LogP contribution in [0, 0.1) is 0 Å². The molecule has 1 aromatic heterocycles. The van der Waals surface area contributed by atoms with E-state index in [-0.39, 0.29) is 33.9 Å². The minimum atomic E-state index is -0.305. The summed E-state index contributed by atoms with van der Waals surface area (Å²) in [7, 11) is 0. The van der Waals surface area contributed by atoms with Gasteiger partial charge in [0, 0.05) is 55.9 Å². The van der Waals surface area contributed by atoms with Crippen LogP contribution < -0.4 is 25.5 Å². The Kier molecular flexibility index (Phi) is 9.76. The third kappa shape index (κ3) is 6.76. The SMILES string of the molecule is CC(C)(C)c1ccc(N(c2ccc(C(C)(C)C)cc2)c2ccc3c(c2)N(c2ccc4c(c2)C(C)(C)CCC4(C)C)B2c4cccc5c4N(c4cc6ccccc6cc4C5(C)C)c4c2c-3cc2c4oc3ccccc32)cc1. The molecule has 5 heteroatoms. The van der Waals surface area contributed by atoms with Crippen molar-refractivity contribution in [2.75, 3.05) is 14.6 Å². The van der Waals surface area contributed by atoms with Crippen LogP contribution >= 0.6 is 0 Å². The Morgan fingerprint density at radius 1 is 0.487 bits per heavy atom. The zero-order valence-corrected chi connectivity index (χ0v) is 46.4. The van der Waals surface area contributed by atoms with Crippen LogP contribution in [0.1, 0.15) is 129 Å². The highest BCUT2D eigenvalue weighted by Gasteiger charge is 2.51. The first kappa shape index (κ1) is 47.0. The van der Waals surface area contributed by atoms with Crippen LogP contribution in [0.25, 0.3) is 43.8 Å². The largest absolute Gasteiger partial charge is 0.454 e. The van der Waals surface area contributed by atoms with Crippen LogP contribution in [0.4, 0.5) is 45.5 Å². The highest BCUT2D eigenvalue weighted by molar-refractivity contribution is 6.94. The van der Waals surface area contributed by atoms with Crippen molar-refractivity contribution in [3.8, 4) is 11.1 Å². The van der Waals surface area contributed by atoms with Gasteiger partial charge >= 0.3 is 6.85 Å². The van der Waals surface area contributed by atoms with E-state index in [1.807, 2.05) is 0 Å². The highest BCUT2D eigenvalue weighted by Crippen LogP contribution is 2.58. The van der Waals surface area contributed by atoms with E-state index in [4.69, 9.17) is 4.42 Å². The van der Waals surface area contributed by atoms with Crippen LogP contribution in [-0.4, -0.2) is 6.85 Å². The number of para-hydroxylation sites is 2. The van der Waals surface area contributed by atoms with Gasteiger partial charge in [0.25, 0.3) is 0 Å². The molecule has 4 nitrogen and oxygen atoms in total. The van der Waals surface area contributed by atoms with E-state index in [9.17, 15) is 0 Å². The molecule has 1 aliphatic carbocycles. The van der Waals surface area contributed by atoms with Crippen LogP contribution in [0.2, 0.25) is 0 Å². The second-order valence-corrected chi connectivity index (χ2v) is 26.5. The van der Waals surface area contributed by atoms with E-state index in [0.717, 1.165) is 57.5 Å². The molecule has 0 saturated heterocycles. The Morgan fingerprint density at radius 2 is 1.11 bits per heavy atom. The quantitative estimate of drug-likeness (QED) is 0.164. The fraction of sp³-hybridized carbons (Fsp3) is 0.268. The Labute approximate surface area is 450 Å². The van der Waals surface area contributed by atoms with Crippen molar-refractivity contribution in [1.29, 1.82) is 0 Å².